The largest absolute Gasteiger partial charge is 0.367 e. The number of nitrogens with one attached hydrogen (secondary N) is 2. The Hall–Kier alpha value is -1.29. The van der Waals surface area contributed by atoms with Crippen LogP contribution in [0.15, 0.2) is 6.07 Å². The summed E-state index contributed by atoms with van der Waals surface area (Å²) < 4.78 is 0. The first-order valence-electron chi connectivity index (χ1n) is 5.32. The second-order valence-corrected chi connectivity index (χ2v) is 4.52. The lowest BCUT2D eigenvalue weighted by atomic mass is 10.0. The summed E-state index contributed by atoms with van der Waals surface area (Å²) in [5.74, 6) is 0.503. The molecule has 1 aliphatic heterocycles. The molecule has 2 rings (SSSR count). The molecule has 0 unspecified atom stereocenters. The van der Waals surface area contributed by atoms with Crippen molar-refractivity contribution in [2.75, 3.05) is 11.9 Å². The molecule has 5 heteroatoms. The third kappa shape index (κ3) is 2.11. The molecule has 0 aromatic carbocycles. The number of carbonyl (C=O) groups is 1. The molecule has 16 heavy (non-hydrogen) atoms. The molecule has 0 radical (unpaired) electrons. The molecule has 1 amide bonds. The molecule has 0 atom stereocenters. The zero-order valence-corrected chi connectivity index (χ0v) is 10.1. The number of anilines is 1. The van der Waals surface area contributed by atoms with Crippen LogP contribution in [0.3, 0.4) is 0 Å². The summed E-state index contributed by atoms with van der Waals surface area (Å²) in [5, 5.41) is 6.38. The van der Waals surface area contributed by atoms with Crippen molar-refractivity contribution in [3.63, 3.8) is 0 Å². The number of nitrogens with zero attached hydrogens (tertiary/aromatic N) is 1. The molecule has 1 aromatic rings. The van der Waals surface area contributed by atoms with Gasteiger partial charge in [-0.3, -0.25) is 4.79 Å². The normalized spacial score (nSPS) is 14.6. The number of fused-ring (bicyclic) bond motifs is 1. The molecular weight excluding hydrogens is 226 g/mol. The summed E-state index contributed by atoms with van der Waals surface area (Å²) in [6, 6.07) is 1.98. The number of carbonyl (C=O) groups excluding carboxylic acids is 1. The van der Waals surface area contributed by atoms with Crippen molar-refractivity contribution >= 4 is 23.3 Å². The van der Waals surface area contributed by atoms with Gasteiger partial charge in [0.2, 0.25) is 0 Å². The van der Waals surface area contributed by atoms with Crippen LogP contribution in [0.2, 0.25) is 5.15 Å². The second-order valence-electron chi connectivity index (χ2n) is 4.13. The molecule has 2 heterocycles. The highest BCUT2D eigenvalue weighted by atomic mass is 35.5. The predicted molar refractivity (Wildman–Crippen MR) is 64.0 cm³/mol. The van der Waals surface area contributed by atoms with E-state index < -0.39 is 0 Å². The van der Waals surface area contributed by atoms with Crippen LogP contribution >= 0.6 is 11.6 Å². The summed E-state index contributed by atoms with van der Waals surface area (Å²) in [4.78, 5) is 15.9. The van der Waals surface area contributed by atoms with E-state index >= 15 is 0 Å². The molecule has 1 aliphatic rings. The van der Waals surface area contributed by atoms with Crippen LogP contribution in [0, 0.1) is 0 Å². The van der Waals surface area contributed by atoms with Gasteiger partial charge in [0.25, 0.3) is 5.91 Å². The van der Waals surface area contributed by atoms with Crippen molar-refractivity contribution in [3.05, 3.63) is 22.3 Å². The van der Waals surface area contributed by atoms with Gasteiger partial charge in [-0.1, -0.05) is 11.6 Å². The molecule has 86 valence electrons. The third-order valence-corrected chi connectivity index (χ3v) is 2.60. The highest BCUT2D eigenvalue weighted by Gasteiger charge is 2.22. The highest BCUT2D eigenvalue weighted by molar-refractivity contribution is 6.29. The number of pyridine rings is 1. The van der Waals surface area contributed by atoms with Crippen molar-refractivity contribution < 1.29 is 4.79 Å². The Bertz CT molecular complexity index is 431. The van der Waals surface area contributed by atoms with E-state index in [1.807, 2.05) is 13.8 Å². The summed E-state index contributed by atoms with van der Waals surface area (Å²) in [5.41, 5.74) is 1.59. The van der Waals surface area contributed by atoms with Gasteiger partial charge < -0.3 is 10.6 Å². The smallest absolute Gasteiger partial charge is 0.255 e. The standard InChI is InChI=1S/C11H14ClN3O/c1-6(2)14-10-9-7(5-8(12)15-10)3-4-13-11(9)16/h5-6H,3-4H2,1-2H3,(H,13,16)(H,14,15). The van der Waals surface area contributed by atoms with E-state index in [-0.39, 0.29) is 11.9 Å². The van der Waals surface area contributed by atoms with Gasteiger partial charge in [0.1, 0.15) is 11.0 Å². The molecule has 0 saturated carbocycles. The topological polar surface area (TPSA) is 54.0 Å². The molecule has 0 fully saturated rings. The van der Waals surface area contributed by atoms with Crippen LogP contribution in [0.25, 0.3) is 0 Å². The monoisotopic (exact) mass is 239 g/mol. The van der Waals surface area contributed by atoms with Crippen molar-refractivity contribution in [1.29, 1.82) is 0 Å². The minimum atomic E-state index is -0.0754. The Morgan fingerprint density at radius 3 is 3.00 bits per heavy atom. The second kappa shape index (κ2) is 4.29. The van der Waals surface area contributed by atoms with Gasteiger partial charge in [-0.15, -0.1) is 0 Å². The van der Waals surface area contributed by atoms with Gasteiger partial charge in [0.05, 0.1) is 5.56 Å². The first-order valence-corrected chi connectivity index (χ1v) is 5.70. The first-order chi connectivity index (χ1) is 7.58. The minimum absolute atomic E-state index is 0.0754. The molecule has 0 bridgehead atoms. The molecule has 0 saturated heterocycles. The number of hydrogen-bond donors (Lipinski definition) is 2. The van der Waals surface area contributed by atoms with Crippen LogP contribution in [-0.4, -0.2) is 23.5 Å². The van der Waals surface area contributed by atoms with Crippen molar-refractivity contribution in [3.8, 4) is 0 Å². The Kier molecular flexibility index (Phi) is 3.01. The zero-order chi connectivity index (χ0) is 11.7. The average Bonchev–Trinajstić information content (AvgIpc) is 2.15. The maximum atomic E-state index is 11.8. The van der Waals surface area contributed by atoms with E-state index in [2.05, 4.69) is 15.6 Å². The lowest BCUT2D eigenvalue weighted by Gasteiger charge is -2.21. The fraction of sp³-hybridized carbons (Fsp3) is 0.455. The van der Waals surface area contributed by atoms with Crippen LogP contribution in [-0.2, 0) is 6.42 Å². The fourth-order valence-electron chi connectivity index (χ4n) is 1.79. The van der Waals surface area contributed by atoms with Crippen LogP contribution in [0.5, 0.6) is 0 Å². The molecule has 4 nitrogen and oxygen atoms in total. The highest BCUT2D eigenvalue weighted by Crippen LogP contribution is 2.24. The van der Waals surface area contributed by atoms with Crippen LogP contribution < -0.4 is 10.6 Å². The van der Waals surface area contributed by atoms with E-state index in [1.165, 1.54) is 0 Å². The maximum absolute atomic E-state index is 11.8. The van der Waals surface area contributed by atoms with E-state index in [0.717, 1.165) is 12.0 Å². The Morgan fingerprint density at radius 1 is 1.56 bits per heavy atom. The van der Waals surface area contributed by atoms with Crippen LogP contribution in [0.4, 0.5) is 5.82 Å². The summed E-state index contributed by atoms with van der Waals surface area (Å²) >= 11 is 5.93. The number of hydrogen-bond acceptors (Lipinski definition) is 3. The van der Waals surface area contributed by atoms with Gasteiger partial charge >= 0.3 is 0 Å². The Morgan fingerprint density at radius 2 is 2.31 bits per heavy atom. The number of rotatable bonds is 2. The van der Waals surface area contributed by atoms with E-state index in [1.54, 1.807) is 6.07 Å². The van der Waals surface area contributed by atoms with Gasteiger partial charge in [-0.2, -0.15) is 0 Å². The van der Waals surface area contributed by atoms with E-state index in [0.29, 0.717) is 23.1 Å². The molecule has 2 N–H and O–H groups in total. The molecule has 0 aliphatic carbocycles. The number of halogens is 1. The predicted octanol–water partition coefficient (Wildman–Crippen LogP) is 1.84. The minimum Gasteiger partial charge on any atom is -0.367 e. The summed E-state index contributed by atoms with van der Waals surface area (Å²) in [6.07, 6.45) is 0.802. The van der Waals surface area contributed by atoms with Gasteiger partial charge in [-0.05, 0) is 31.9 Å². The van der Waals surface area contributed by atoms with Gasteiger partial charge in [0.15, 0.2) is 0 Å². The van der Waals surface area contributed by atoms with Crippen molar-refractivity contribution in [2.24, 2.45) is 0 Å². The zero-order valence-electron chi connectivity index (χ0n) is 9.30. The summed E-state index contributed by atoms with van der Waals surface area (Å²) in [6.45, 7) is 4.65. The van der Waals surface area contributed by atoms with Crippen LogP contribution in [0.1, 0.15) is 29.8 Å². The van der Waals surface area contributed by atoms with Crippen molar-refractivity contribution in [2.45, 2.75) is 26.3 Å². The SMILES string of the molecule is CC(C)Nc1nc(Cl)cc2c1C(=O)NCC2. The maximum Gasteiger partial charge on any atom is 0.255 e. The van der Waals surface area contributed by atoms with Gasteiger partial charge in [0, 0.05) is 12.6 Å². The molecule has 0 spiro atoms. The number of amides is 1. The Balaban J connectivity index is 2.50. The van der Waals surface area contributed by atoms with E-state index in [9.17, 15) is 4.79 Å². The molecule has 1 aromatic heterocycles. The average molecular weight is 240 g/mol. The quantitative estimate of drug-likeness (QED) is 0.775. The van der Waals surface area contributed by atoms with Gasteiger partial charge in [-0.25, -0.2) is 4.98 Å². The first kappa shape index (κ1) is 11.2. The molecular formula is C11H14ClN3O. The third-order valence-electron chi connectivity index (χ3n) is 2.40. The Labute approximate surface area is 99.4 Å². The number of aromatic nitrogens is 1. The lowest BCUT2D eigenvalue weighted by Crippen LogP contribution is -2.33. The fourth-order valence-corrected chi connectivity index (χ4v) is 2.01. The summed E-state index contributed by atoms with van der Waals surface area (Å²) in [7, 11) is 0. The lowest BCUT2D eigenvalue weighted by molar-refractivity contribution is 0.0946. The van der Waals surface area contributed by atoms with Crippen molar-refractivity contribution in [1.82, 2.24) is 10.3 Å². The van der Waals surface area contributed by atoms with E-state index in [4.69, 9.17) is 11.6 Å².